The van der Waals surface area contributed by atoms with Crippen molar-refractivity contribution < 1.29 is 13.2 Å². The molecule has 34 heavy (non-hydrogen) atoms. The highest BCUT2D eigenvalue weighted by Crippen LogP contribution is 2.24. The molecule has 0 spiro atoms. The molecule has 0 fully saturated rings. The lowest BCUT2D eigenvalue weighted by atomic mass is 10.0. The third-order valence-corrected chi connectivity index (χ3v) is 8.18. The second-order valence-electron chi connectivity index (χ2n) is 8.54. The van der Waals surface area contributed by atoms with Crippen LogP contribution in [0.25, 0.3) is 11.0 Å². The van der Waals surface area contributed by atoms with Crippen LogP contribution < -0.4 is 5.32 Å². The van der Waals surface area contributed by atoms with Crippen LogP contribution in [0.1, 0.15) is 57.8 Å². The van der Waals surface area contributed by atoms with E-state index in [1.165, 1.54) is 9.87 Å². The summed E-state index contributed by atoms with van der Waals surface area (Å²) >= 11 is 0. The number of carbonyl (C=O) groups is 1. The fourth-order valence-corrected chi connectivity index (χ4v) is 5.66. The average Bonchev–Trinajstić information content (AvgIpc) is 3.19. The van der Waals surface area contributed by atoms with E-state index in [9.17, 15) is 13.2 Å². The Morgan fingerprint density at radius 3 is 2.44 bits per heavy atom. The van der Waals surface area contributed by atoms with Gasteiger partial charge in [-0.1, -0.05) is 58.0 Å². The van der Waals surface area contributed by atoms with Crippen molar-refractivity contribution in [1.29, 1.82) is 0 Å². The molecular weight excluding hydrogens is 448 g/mol. The number of carbonyl (C=O) groups excluding carboxylic acids is 1. The zero-order chi connectivity index (χ0) is 24.7. The van der Waals surface area contributed by atoms with Crippen LogP contribution in [-0.2, 0) is 27.8 Å². The van der Waals surface area contributed by atoms with Gasteiger partial charge in [0.1, 0.15) is 5.82 Å². The van der Waals surface area contributed by atoms with E-state index in [0.29, 0.717) is 38.0 Å². The van der Waals surface area contributed by atoms with Crippen LogP contribution >= 0.6 is 0 Å². The maximum Gasteiger partial charge on any atom is 0.243 e. The first-order chi connectivity index (χ1) is 16.3. The van der Waals surface area contributed by atoms with Gasteiger partial charge in [-0.05, 0) is 36.1 Å². The molecule has 1 heterocycles. The minimum absolute atomic E-state index is 0.0114. The van der Waals surface area contributed by atoms with Crippen molar-refractivity contribution in [2.45, 2.75) is 64.3 Å². The molecule has 0 aliphatic heterocycles. The lowest BCUT2D eigenvalue weighted by Crippen LogP contribution is -2.30. The molecule has 1 aromatic heterocycles. The number of hydrogen-bond donors (Lipinski definition) is 1. The molecule has 0 aliphatic carbocycles. The van der Waals surface area contributed by atoms with Gasteiger partial charge >= 0.3 is 0 Å². The van der Waals surface area contributed by atoms with Gasteiger partial charge in [0.2, 0.25) is 15.9 Å². The first-order valence-electron chi connectivity index (χ1n) is 12.1. The predicted octanol–water partition coefficient (Wildman–Crippen LogP) is 4.33. The largest absolute Gasteiger partial charge is 0.355 e. The summed E-state index contributed by atoms with van der Waals surface area (Å²) in [7, 11) is -3.55. The first-order valence-corrected chi connectivity index (χ1v) is 13.6. The standard InChI is InChI=1S/C26H36N4O3S/c1-5-17-30-24-14-13-22(34(32,33)29(6-2)7-3)18-23(24)28-25(30)15-16-26(31)27-19-20(4)21-11-9-8-10-12-21/h8-14,18,20H,5-7,15-17,19H2,1-4H3,(H,27,31). The van der Waals surface area contributed by atoms with Crippen molar-refractivity contribution in [2.24, 2.45) is 0 Å². The number of aryl methyl sites for hydroxylation is 2. The third kappa shape index (κ3) is 5.85. The average molecular weight is 485 g/mol. The summed E-state index contributed by atoms with van der Waals surface area (Å²) in [4.78, 5) is 17.5. The van der Waals surface area contributed by atoms with Crippen LogP contribution in [0.2, 0.25) is 0 Å². The van der Waals surface area contributed by atoms with E-state index in [0.717, 1.165) is 24.3 Å². The molecular formula is C26H36N4O3S. The minimum atomic E-state index is -3.55. The summed E-state index contributed by atoms with van der Waals surface area (Å²) in [6.07, 6.45) is 1.75. The van der Waals surface area contributed by atoms with E-state index < -0.39 is 10.0 Å². The Hall–Kier alpha value is -2.71. The van der Waals surface area contributed by atoms with Crippen molar-refractivity contribution in [3.63, 3.8) is 0 Å². The number of imidazole rings is 1. The van der Waals surface area contributed by atoms with Crippen molar-refractivity contribution in [3.05, 3.63) is 59.9 Å². The number of benzene rings is 2. The second-order valence-corrected chi connectivity index (χ2v) is 10.5. The quantitative estimate of drug-likeness (QED) is 0.415. The van der Waals surface area contributed by atoms with E-state index in [2.05, 4.69) is 35.9 Å². The molecule has 0 saturated heterocycles. The van der Waals surface area contributed by atoms with Crippen molar-refractivity contribution in [1.82, 2.24) is 19.2 Å². The lowest BCUT2D eigenvalue weighted by Gasteiger charge is -2.18. The molecule has 7 nitrogen and oxygen atoms in total. The Morgan fingerprint density at radius 1 is 1.09 bits per heavy atom. The fraction of sp³-hybridized carbons (Fsp3) is 0.462. The second kappa shape index (κ2) is 11.6. The van der Waals surface area contributed by atoms with Gasteiger partial charge in [-0.2, -0.15) is 4.31 Å². The zero-order valence-electron chi connectivity index (χ0n) is 20.6. The summed E-state index contributed by atoms with van der Waals surface area (Å²) < 4.78 is 29.4. The van der Waals surface area contributed by atoms with Gasteiger partial charge in [0, 0.05) is 39.0 Å². The SMILES string of the molecule is CCCn1c(CCC(=O)NCC(C)c2ccccc2)nc2cc(S(=O)(=O)N(CC)CC)ccc21. The predicted molar refractivity (Wildman–Crippen MR) is 136 cm³/mol. The van der Waals surface area contributed by atoms with Crippen LogP contribution in [0.3, 0.4) is 0 Å². The summed E-state index contributed by atoms with van der Waals surface area (Å²) in [6, 6.07) is 15.3. The van der Waals surface area contributed by atoms with Crippen LogP contribution in [0, 0.1) is 0 Å². The third-order valence-electron chi connectivity index (χ3n) is 6.14. The Kier molecular flexibility index (Phi) is 8.85. The smallest absolute Gasteiger partial charge is 0.243 e. The van der Waals surface area contributed by atoms with E-state index in [1.54, 1.807) is 12.1 Å². The molecule has 1 amide bonds. The van der Waals surface area contributed by atoms with E-state index in [-0.39, 0.29) is 16.7 Å². The Bertz CT molecular complexity index is 1200. The topological polar surface area (TPSA) is 84.3 Å². The molecule has 2 aromatic carbocycles. The van der Waals surface area contributed by atoms with E-state index in [1.807, 2.05) is 38.1 Å². The Balaban J connectivity index is 1.73. The van der Waals surface area contributed by atoms with Gasteiger partial charge < -0.3 is 9.88 Å². The molecule has 1 unspecified atom stereocenters. The summed E-state index contributed by atoms with van der Waals surface area (Å²) in [5.41, 5.74) is 2.74. The summed E-state index contributed by atoms with van der Waals surface area (Å²) in [6.45, 7) is 10.0. The van der Waals surface area contributed by atoms with E-state index in [4.69, 9.17) is 4.98 Å². The van der Waals surface area contributed by atoms with Gasteiger partial charge in [0.25, 0.3) is 0 Å². The van der Waals surface area contributed by atoms with Crippen LogP contribution in [0.5, 0.6) is 0 Å². The van der Waals surface area contributed by atoms with Gasteiger partial charge in [-0.15, -0.1) is 0 Å². The molecule has 8 heteroatoms. The normalized spacial score (nSPS) is 12.9. The zero-order valence-corrected chi connectivity index (χ0v) is 21.4. The highest BCUT2D eigenvalue weighted by Gasteiger charge is 2.23. The molecule has 184 valence electrons. The molecule has 3 rings (SSSR count). The lowest BCUT2D eigenvalue weighted by molar-refractivity contribution is -0.121. The number of nitrogens with one attached hydrogen (secondary N) is 1. The van der Waals surface area contributed by atoms with E-state index >= 15 is 0 Å². The molecule has 3 aromatic rings. The van der Waals surface area contributed by atoms with Gasteiger partial charge in [0.05, 0.1) is 15.9 Å². The van der Waals surface area contributed by atoms with Gasteiger partial charge in [-0.25, -0.2) is 13.4 Å². The fourth-order valence-electron chi connectivity index (χ4n) is 4.18. The van der Waals surface area contributed by atoms with Crippen LogP contribution in [0.15, 0.2) is 53.4 Å². The van der Waals surface area contributed by atoms with Gasteiger partial charge in [-0.3, -0.25) is 4.79 Å². The molecule has 0 radical (unpaired) electrons. The highest BCUT2D eigenvalue weighted by molar-refractivity contribution is 7.89. The summed E-state index contributed by atoms with van der Waals surface area (Å²) in [5.74, 6) is 1.03. The Morgan fingerprint density at radius 2 is 1.79 bits per heavy atom. The molecule has 1 atom stereocenters. The number of aromatic nitrogens is 2. The van der Waals surface area contributed by atoms with Crippen molar-refractivity contribution in [3.8, 4) is 0 Å². The maximum atomic E-state index is 12.9. The monoisotopic (exact) mass is 484 g/mol. The molecule has 0 saturated carbocycles. The van der Waals surface area contributed by atoms with Crippen LogP contribution in [-0.4, -0.2) is 47.8 Å². The minimum Gasteiger partial charge on any atom is -0.355 e. The summed E-state index contributed by atoms with van der Waals surface area (Å²) in [5, 5.41) is 3.03. The molecule has 0 bridgehead atoms. The maximum absolute atomic E-state index is 12.9. The highest BCUT2D eigenvalue weighted by atomic mass is 32.2. The van der Waals surface area contributed by atoms with Crippen molar-refractivity contribution >= 4 is 27.0 Å². The van der Waals surface area contributed by atoms with Gasteiger partial charge in [0.15, 0.2) is 0 Å². The van der Waals surface area contributed by atoms with Crippen molar-refractivity contribution in [2.75, 3.05) is 19.6 Å². The number of amides is 1. The number of nitrogens with zero attached hydrogens (tertiary/aromatic N) is 3. The number of hydrogen-bond acceptors (Lipinski definition) is 4. The first kappa shape index (κ1) is 25.9. The Labute approximate surface area is 203 Å². The molecule has 1 N–H and O–H groups in total. The number of sulfonamides is 1. The number of fused-ring (bicyclic) bond motifs is 1. The van der Waals surface area contributed by atoms with Crippen LogP contribution in [0.4, 0.5) is 0 Å². The molecule has 0 aliphatic rings. The number of rotatable bonds is 12.